The van der Waals surface area contributed by atoms with Crippen LogP contribution in [0.2, 0.25) is 0 Å². The highest BCUT2D eigenvalue weighted by atomic mass is 127. The summed E-state index contributed by atoms with van der Waals surface area (Å²) in [7, 11) is 0. The van der Waals surface area contributed by atoms with Crippen molar-refractivity contribution in [1.82, 2.24) is 0 Å². The molecule has 0 unspecified atom stereocenters. The first-order valence-electron chi connectivity index (χ1n) is 5.13. The molecular formula is C13H9BrINOS. The van der Waals surface area contributed by atoms with Gasteiger partial charge in [0, 0.05) is 19.0 Å². The average molecular weight is 434 g/mol. The van der Waals surface area contributed by atoms with E-state index in [1.807, 2.05) is 35.7 Å². The predicted octanol–water partition coefficient (Wildman–Crippen LogP) is 4.77. The van der Waals surface area contributed by atoms with Crippen molar-refractivity contribution in [3.8, 4) is 0 Å². The first-order chi connectivity index (χ1) is 8.65. The number of amides is 1. The van der Waals surface area contributed by atoms with E-state index in [1.165, 1.54) is 6.08 Å². The first-order valence-corrected chi connectivity index (χ1v) is 7.88. The lowest BCUT2D eigenvalue weighted by atomic mass is 10.3. The topological polar surface area (TPSA) is 29.1 Å². The standard InChI is InChI=1S/C13H9BrINOS/c14-11-8-9(15)3-5-12(11)16-13(17)6-4-10-2-1-7-18-10/h1-8H,(H,16,17)/b6-4+. The molecule has 1 aromatic carbocycles. The summed E-state index contributed by atoms with van der Waals surface area (Å²) in [5, 5.41) is 4.81. The molecule has 0 fully saturated rings. The van der Waals surface area contributed by atoms with E-state index in [0.717, 1.165) is 18.6 Å². The second-order valence-corrected chi connectivity index (χ2v) is 6.54. The second-order valence-electron chi connectivity index (χ2n) is 3.46. The van der Waals surface area contributed by atoms with Crippen molar-refractivity contribution < 1.29 is 4.79 Å². The highest BCUT2D eigenvalue weighted by Crippen LogP contribution is 2.24. The zero-order valence-corrected chi connectivity index (χ0v) is 13.8. The maximum atomic E-state index is 11.7. The van der Waals surface area contributed by atoms with Crippen molar-refractivity contribution in [2.45, 2.75) is 0 Å². The summed E-state index contributed by atoms with van der Waals surface area (Å²) in [6.45, 7) is 0. The molecule has 92 valence electrons. The number of carbonyl (C=O) groups is 1. The lowest BCUT2D eigenvalue weighted by Crippen LogP contribution is -2.08. The first kappa shape index (κ1) is 13.8. The molecule has 5 heteroatoms. The average Bonchev–Trinajstić information content (AvgIpc) is 2.83. The maximum Gasteiger partial charge on any atom is 0.248 e. The Kier molecular flexibility index (Phi) is 4.96. The van der Waals surface area contributed by atoms with Gasteiger partial charge < -0.3 is 5.32 Å². The minimum absolute atomic E-state index is 0.134. The number of nitrogens with one attached hydrogen (secondary N) is 1. The fourth-order valence-electron chi connectivity index (χ4n) is 1.31. The number of halogens is 2. The van der Waals surface area contributed by atoms with Gasteiger partial charge in [0.2, 0.25) is 5.91 Å². The summed E-state index contributed by atoms with van der Waals surface area (Å²) in [6, 6.07) is 9.71. The van der Waals surface area contributed by atoms with Crippen LogP contribution in [0.25, 0.3) is 6.08 Å². The Bertz CT molecular complexity index is 581. The Hall–Kier alpha value is -0.660. The molecule has 0 aliphatic heterocycles. The van der Waals surface area contributed by atoms with Crippen LogP contribution >= 0.6 is 49.9 Å². The molecule has 0 radical (unpaired) electrons. The van der Waals surface area contributed by atoms with Gasteiger partial charge in [-0.05, 0) is 74.2 Å². The molecule has 1 N–H and O–H groups in total. The molecule has 0 saturated carbocycles. The van der Waals surface area contributed by atoms with Crippen LogP contribution in [0, 0.1) is 3.57 Å². The molecule has 2 nitrogen and oxygen atoms in total. The molecule has 0 aliphatic carbocycles. The smallest absolute Gasteiger partial charge is 0.248 e. The molecule has 0 saturated heterocycles. The number of anilines is 1. The van der Waals surface area contributed by atoms with Crippen molar-refractivity contribution in [1.29, 1.82) is 0 Å². The van der Waals surface area contributed by atoms with Gasteiger partial charge in [0.05, 0.1) is 5.69 Å². The molecule has 0 atom stereocenters. The summed E-state index contributed by atoms with van der Waals surface area (Å²) < 4.78 is 2.00. The third kappa shape index (κ3) is 3.93. The minimum atomic E-state index is -0.134. The monoisotopic (exact) mass is 433 g/mol. The maximum absolute atomic E-state index is 11.7. The number of hydrogen-bond donors (Lipinski definition) is 1. The summed E-state index contributed by atoms with van der Waals surface area (Å²) in [5.41, 5.74) is 0.774. The SMILES string of the molecule is O=C(/C=C/c1cccs1)Nc1ccc(I)cc1Br. The largest absolute Gasteiger partial charge is 0.321 e. The van der Waals surface area contributed by atoms with Gasteiger partial charge in [-0.3, -0.25) is 4.79 Å². The summed E-state index contributed by atoms with van der Waals surface area (Å²) >= 11 is 7.25. The van der Waals surface area contributed by atoms with Crippen LogP contribution in [0.5, 0.6) is 0 Å². The fourth-order valence-corrected chi connectivity index (χ4v) is 3.32. The zero-order chi connectivity index (χ0) is 13.0. The second kappa shape index (κ2) is 6.49. The molecule has 0 aliphatic rings. The molecule has 1 amide bonds. The molecule has 0 spiro atoms. The van der Waals surface area contributed by atoms with E-state index in [9.17, 15) is 4.79 Å². The van der Waals surface area contributed by atoms with Gasteiger partial charge in [-0.1, -0.05) is 6.07 Å². The molecule has 2 aromatic rings. The van der Waals surface area contributed by atoms with Crippen LogP contribution in [0.15, 0.2) is 46.3 Å². The number of hydrogen-bond acceptors (Lipinski definition) is 2. The third-order valence-corrected chi connectivity index (χ3v) is 4.30. The lowest BCUT2D eigenvalue weighted by Gasteiger charge is -2.05. The van der Waals surface area contributed by atoms with Gasteiger partial charge in [0.25, 0.3) is 0 Å². The molecule has 1 aromatic heterocycles. The molecule has 2 rings (SSSR count). The summed E-state index contributed by atoms with van der Waals surface area (Å²) in [5.74, 6) is -0.134. The van der Waals surface area contributed by atoms with Gasteiger partial charge in [-0.25, -0.2) is 0 Å². The number of carbonyl (C=O) groups excluding carboxylic acids is 1. The highest BCUT2D eigenvalue weighted by molar-refractivity contribution is 14.1. The van der Waals surface area contributed by atoms with Gasteiger partial charge in [0.1, 0.15) is 0 Å². The van der Waals surface area contributed by atoms with Crippen LogP contribution < -0.4 is 5.32 Å². The lowest BCUT2D eigenvalue weighted by molar-refractivity contribution is -0.111. The summed E-state index contributed by atoms with van der Waals surface area (Å²) in [6.07, 6.45) is 3.34. The van der Waals surface area contributed by atoms with Crippen LogP contribution in [0.4, 0.5) is 5.69 Å². The molecule has 0 bridgehead atoms. The van der Waals surface area contributed by atoms with Gasteiger partial charge in [-0.15, -0.1) is 11.3 Å². The van der Waals surface area contributed by atoms with E-state index in [4.69, 9.17) is 0 Å². The van der Waals surface area contributed by atoms with Crippen molar-refractivity contribution in [3.05, 3.63) is 54.7 Å². The van der Waals surface area contributed by atoms with Crippen LogP contribution in [-0.2, 0) is 4.79 Å². The van der Waals surface area contributed by atoms with Gasteiger partial charge in [-0.2, -0.15) is 0 Å². The van der Waals surface area contributed by atoms with Crippen molar-refractivity contribution >= 4 is 67.5 Å². The van der Waals surface area contributed by atoms with E-state index in [0.29, 0.717) is 0 Å². The Balaban J connectivity index is 2.03. The number of benzene rings is 1. The van der Waals surface area contributed by atoms with Crippen molar-refractivity contribution in [3.63, 3.8) is 0 Å². The van der Waals surface area contributed by atoms with Gasteiger partial charge >= 0.3 is 0 Å². The molecule has 1 heterocycles. The Morgan fingerprint density at radius 1 is 1.39 bits per heavy atom. The van der Waals surface area contributed by atoms with Crippen molar-refractivity contribution in [2.75, 3.05) is 5.32 Å². The van der Waals surface area contributed by atoms with E-state index in [2.05, 4.69) is 43.8 Å². The Morgan fingerprint density at radius 3 is 2.89 bits per heavy atom. The predicted molar refractivity (Wildman–Crippen MR) is 88.8 cm³/mol. The fraction of sp³-hybridized carbons (Fsp3) is 0. The van der Waals surface area contributed by atoms with E-state index in [-0.39, 0.29) is 5.91 Å². The minimum Gasteiger partial charge on any atom is -0.321 e. The van der Waals surface area contributed by atoms with Crippen molar-refractivity contribution in [2.24, 2.45) is 0 Å². The number of thiophene rings is 1. The highest BCUT2D eigenvalue weighted by Gasteiger charge is 2.03. The van der Waals surface area contributed by atoms with E-state index >= 15 is 0 Å². The normalized spacial score (nSPS) is 10.8. The van der Waals surface area contributed by atoms with Crippen LogP contribution in [0.3, 0.4) is 0 Å². The molecular weight excluding hydrogens is 425 g/mol. The van der Waals surface area contributed by atoms with Gasteiger partial charge in [0.15, 0.2) is 0 Å². The number of rotatable bonds is 3. The third-order valence-electron chi connectivity index (χ3n) is 2.13. The van der Waals surface area contributed by atoms with E-state index < -0.39 is 0 Å². The van der Waals surface area contributed by atoms with E-state index in [1.54, 1.807) is 17.4 Å². The quantitative estimate of drug-likeness (QED) is 0.548. The Morgan fingerprint density at radius 2 is 2.22 bits per heavy atom. The Labute approximate surface area is 131 Å². The zero-order valence-electron chi connectivity index (χ0n) is 9.19. The van der Waals surface area contributed by atoms with Crippen LogP contribution in [0.1, 0.15) is 4.88 Å². The molecule has 18 heavy (non-hydrogen) atoms. The van der Waals surface area contributed by atoms with Crippen LogP contribution in [-0.4, -0.2) is 5.91 Å². The summed E-state index contributed by atoms with van der Waals surface area (Å²) in [4.78, 5) is 12.8.